The van der Waals surface area contributed by atoms with Crippen molar-refractivity contribution in [3.05, 3.63) is 36.0 Å². The van der Waals surface area contributed by atoms with Crippen LogP contribution in [-0.4, -0.2) is 28.3 Å². The summed E-state index contributed by atoms with van der Waals surface area (Å²) in [4.78, 5) is 4.24. The molecule has 0 saturated carbocycles. The maximum Gasteiger partial charge on any atom is 0.315 e. The van der Waals surface area contributed by atoms with Crippen LogP contribution in [0.5, 0.6) is 0 Å². The molecule has 0 radical (unpaired) electrons. The van der Waals surface area contributed by atoms with Crippen LogP contribution >= 0.6 is 0 Å². The fourth-order valence-electron chi connectivity index (χ4n) is 1.47. The predicted octanol–water partition coefficient (Wildman–Crippen LogP) is 1.23. The number of hydrogen-bond acceptors (Lipinski definition) is 6. The molecule has 0 amide bonds. The molecule has 0 saturated heterocycles. The Bertz CT molecular complexity index is 457. The molecule has 0 spiro atoms. The Labute approximate surface area is 106 Å². The van der Waals surface area contributed by atoms with Crippen molar-refractivity contribution in [3.8, 4) is 0 Å². The van der Waals surface area contributed by atoms with Gasteiger partial charge in [0.2, 0.25) is 5.89 Å². The summed E-state index contributed by atoms with van der Waals surface area (Å²) in [6, 6.07) is 6.33. The number of nitrogens with one attached hydrogen (secondary N) is 2. The lowest BCUT2D eigenvalue weighted by Gasteiger charge is -2.00. The van der Waals surface area contributed by atoms with Crippen LogP contribution in [0.1, 0.15) is 18.5 Å². The molecule has 2 N–H and O–H groups in total. The van der Waals surface area contributed by atoms with E-state index >= 15 is 0 Å². The molecule has 2 aromatic heterocycles. The molecule has 2 aromatic rings. The average Bonchev–Trinajstić information content (AvgIpc) is 2.85. The second-order valence-electron chi connectivity index (χ2n) is 3.78. The van der Waals surface area contributed by atoms with Crippen molar-refractivity contribution >= 4 is 6.01 Å². The predicted molar refractivity (Wildman–Crippen MR) is 68.1 cm³/mol. The second-order valence-corrected chi connectivity index (χ2v) is 3.78. The van der Waals surface area contributed by atoms with Crippen molar-refractivity contribution in [1.29, 1.82) is 0 Å². The van der Waals surface area contributed by atoms with Crippen molar-refractivity contribution < 1.29 is 4.42 Å². The third-order valence-corrected chi connectivity index (χ3v) is 2.38. The summed E-state index contributed by atoms with van der Waals surface area (Å²) in [5, 5.41) is 14.0. The van der Waals surface area contributed by atoms with E-state index in [1.807, 2.05) is 25.1 Å². The Morgan fingerprint density at radius 2 is 2.22 bits per heavy atom. The van der Waals surface area contributed by atoms with Crippen LogP contribution in [0.2, 0.25) is 0 Å². The van der Waals surface area contributed by atoms with Gasteiger partial charge < -0.3 is 15.1 Å². The molecule has 18 heavy (non-hydrogen) atoms. The van der Waals surface area contributed by atoms with Crippen molar-refractivity contribution in [1.82, 2.24) is 20.5 Å². The van der Waals surface area contributed by atoms with Crippen LogP contribution < -0.4 is 10.6 Å². The highest BCUT2D eigenvalue weighted by atomic mass is 16.4. The van der Waals surface area contributed by atoms with Crippen molar-refractivity contribution in [2.45, 2.75) is 19.9 Å². The van der Waals surface area contributed by atoms with Gasteiger partial charge in [-0.2, -0.15) is 0 Å². The molecule has 6 nitrogen and oxygen atoms in total. The summed E-state index contributed by atoms with van der Waals surface area (Å²) in [6.07, 6.45) is 2.61. The number of hydrogen-bond donors (Lipinski definition) is 2. The van der Waals surface area contributed by atoms with Crippen LogP contribution in [0.25, 0.3) is 0 Å². The maximum atomic E-state index is 5.41. The zero-order valence-corrected chi connectivity index (χ0v) is 10.4. The quantitative estimate of drug-likeness (QED) is 0.766. The van der Waals surface area contributed by atoms with E-state index in [4.69, 9.17) is 4.42 Å². The van der Waals surface area contributed by atoms with Crippen LogP contribution in [0.4, 0.5) is 6.01 Å². The molecule has 0 aliphatic rings. The van der Waals surface area contributed by atoms with Crippen molar-refractivity contribution in [2.24, 2.45) is 0 Å². The van der Waals surface area contributed by atoms with E-state index in [1.165, 1.54) is 0 Å². The lowest BCUT2D eigenvalue weighted by atomic mass is 10.3. The van der Waals surface area contributed by atoms with E-state index in [0.29, 0.717) is 18.5 Å². The molecule has 0 aliphatic heterocycles. The molecule has 0 aliphatic carbocycles. The highest BCUT2D eigenvalue weighted by Crippen LogP contribution is 2.05. The van der Waals surface area contributed by atoms with Gasteiger partial charge in [-0.05, 0) is 18.7 Å². The normalized spacial score (nSPS) is 10.5. The zero-order chi connectivity index (χ0) is 12.6. The minimum atomic E-state index is 0.457. The molecule has 96 valence electrons. The van der Waals surface area contributed by atoms with E-state index in [9.17, 15) is 0 Å². The Hall–Kier alpha value is -1.95. The molecule has 0 aromatic carbocycles. The SMILES string of the molecule is CCNCc1nnc(NCCc2ccccn2)o1. The molecular weight excluding hydrogens is 230 g/mol. The van der Waals surface area contributed by atoms with Gasteiger partial charge in [0.25, 0.3) is 0 Å². The summed E-state index contributed by atoms with van der Waals surface area (Å²) in [5.41, 5.74) is 1.04. The first-order chi connectivity index (χ1) is 8.88. The average molecular weight is 247 g/mol. The molecule has 0 unspecified atom stereocenters. The summed E-state index contributed by atoms with van der Waals surface area (Å²) >= 11 is 0. The first-order valence-corrected chi connectivity index (χ1v) is 6.05. The van der Waals surface area contributed by atoms with Gasteiger partial charge in [0, 0.05) is 24.9 Å². The highest BCUT2D eigenvalue weighted by Gasteiger charge is 2.04. The van der Waals surface area contributed by atoms with E-state index in [2.05, 4.69) is 25.8 Å². The summed E-state index contributed by atoms with van der Waals surface area (Å²) in [7, 11) is 0. The molecule has 2 heterocycles. The van der Waals surface area contributed by atoms with E-state index < -0.39 is 0 Å². The van der Waals surface area contributed by atoms with Gasteiger partial charge >= 0.3 is 6.01 Å². The minimum absolute atomic E-state index is 0.457. The van der Waals surface area contributed by atoms with Gasteiger partial charge in [0.05, 0.1) is 6.54 Å². The summed E-state index contributed by atoms with van der Waals surface area (Å²) in [6.45, 7) is 4.23. The topological polar surface area (TPSA) is 75.9 Å². The van der Waals surface area contributed by atoms with Crippen LogP contribution in [0.3, 0.4) is 0 Å². The zero-order valence-electron chi connectivity index (χ0n) is 10.4. The third-order valence-electron chi connectivity index (χ3n) is 2.38. The van der Waals surface area contributed by atoms with Gasteiger partial charge in [-0.15, -0.1) is 5.10 Å². The number of anilines is 1. The third kappa shape index (κ3) is 3.81. The smallest absolute Gasteiger partial charge is 0.315 e. The fraction of sp³-hybridized carbons (Fsp3) is 0.417. The van der Waals surface area contributed by atoms with Crippen molar-refractivity contribution in [3.63, 3.8) is 0 Å². The fourth-order valence-corrected chi connectivity index (χ4v) is 1.47. The molecule has 0 fully saturated rings. The van der Waals surface area contributed by atoms with Crippen LogP contribution in [-0.2, 0) is 13.0 Å². The number of pyridine rings is 1. The van der Waals surface area contributed by atoms with E-state index in [-0.39, 0.29) is 0 Å². The number of rotatable bonds is 7. The highest BCUT2D eigenvalue weighted by molar-refractivity contribution is 5.17. The van der Waals surface area contributed by atoms with Crippen LogP contribution in [0.15, 0.2) is 28.8 Å². The lowest BCUT2D eigenvalue weighted by Crippen LogP contribution is -2.11. The largest absolute Gasteiger partial charge is 0.407 e. The van der Waals surface area contributed by atoms with Gasteiger partial charge in [0.1, 0.15) is 0 Å². The lowest BCUT2D eigenvalue weighted by molar-refractivity contribution is 0.481. The maximum absolute atomic E-state index is 5.41. The molecule has 2 rings (SSSR count). The second kappa shape index (κ2) is 6.70. The van der Waals surface area contributed by atoms with Crippen LogP contribution in [0, 0.1) is 0 Å². The monoisotopic (exact) mass is 247 g/mol. The molecule has 6 heteroatoms. The Kier molecular flexibility index (Phi) is 4.66. The molecule has 0 atom stereocenters. The number of aromatic nitrogens is 3. The van der Waals surface area contributed by atoms with Gasteiger partial charge in [-0.3, -0.25) is 4.98 Å². The summed E-state index contributed by atoms with van der Waals surface area (Å²) < 4.78 is 5.41. The Morgan fingerprint density at radius 3 is 3.00 bits per heavy atom. The van der Waals surface area contributed by atoms with E-state index in [1.54, 1.807) is 6.20 Å². The first kappa shape index (κ1) is 12.5. The van der Waals surface area contributed by atoms with Gasteiger partial charge in [-0.25, -0.2) is 0 Å². The standard InChI is InChI=1S/C12H17N5O/c1-2-13-9-11-16-17-12(18-11)15-8-6-10-5-3-4-7-14-10/h3-5,7,13H,2,6,8-9H2,1H3,(H,15,17). The van der Waals surface area contributed by atoms with Crippen molar-refractivity contribution in [2.75, 3.05) is 18.4 Å². The number of nitrogens with zero attached hydrogens (tertiary/aromatic N) is 3. The minimum Gasteiger partial charge on any atom is -0.407 e. The Morgan fingerprint density at radius 1 is 1.28 bits per heavy atom. The Balaban J connectivity index is 1.75. The van der Waals surface area contributed by atoms with E-state index in [0.717, 1.165) is 25.2 Å². The molecular formula is C12H17N5O. The first-order valence-electron chi connectivity index (χ1n) is 6.05. The van der Waals surface area contributed by atoms with Gasteiger partial charge in [-0.1, -0.05) is 18.1 Å². The summed E-state index contributed by atoms with van der Waals surface area (Å²) in [5.74, 6) is 0.595. The van der Waals surface area contributed by atoms with Gasteiger partial charge in [0.15, 0.2) is 0 Å². The molecule has 0 bridgehead atoms.